The summed E-state index contributed by atoms with van der Waals surface area (Å²) < 4.78 is 5.47. The average molecular weight is 272 g/mol. The van der Waals surface area contributed by atoms with E-state index in [9.17, 15) is 4.79 Å². The van der Waals surface area contributed by atoms with Gasteiger partial charge in [0.2, 0.25) is 0 Å². The lowest BCUT2D eigenvalue weighted by atomic mass is 9.90. The molecule has 0 amide bonds. The summed E-state index contributed by atoms with van der Waals surface area (Å²) in [6.45, 7) is 4.38. The number of hydrogen-bond acceptors (Lipinski definition) is 2. The van der Waals surface area contributed by atoms with E-state index >= 15 is 0 Å². The van der Waals surface area contributed by atoms with Gasteiger partial charge in [0.25, 0.3) is 0 Å². The zero-order valence-corrected chi connectivity index (χ0v) is 12.5. The summed E-state index contributed by atoms with van der Waals surface area (Å²) in [5.74, 6) is 0.340. The van der Waals surface area contributed by atoms with Crippen molar-refractivity contribution in [3.05, 3.63) is 46.3 Å². The lowest BCUT2D eigenvalue weighted by Gasteiger charge is -2.15. The Bertz CT molecular complexity index is 598. The van der Waals surface area contributed by atoms with E-state index < -0.39 is 0 Å². The number of unbranched alkanes of at least 4 members (excludes halogenated alkanes) is 2. The van der Waals surface area contributed by atoms with E-state index in [4.69, 9.17) is 4.42 Å². The van der Waals surface area contributed by atoms with Crippen LogP contribution in [0.3, 0.4) is 0 Å². The van der Waals surface area contributed by atoms with Crippen LogP contribution in [-0.2, 0) is 0 Å². The fourth-order valence-electron chi connectivity index (χ4n) is 2.81. The molecule has 0 saturated carbocycles. The lowest BCUT2D eigenvalue weighted by molar-refractivity contribution is 0.490. The number of fused-ring (bicyclic) bond motifs is 1. The Morgan fingerprint density at radius 1 is 1.05 bits per heavy atom. The Balaban J connectivity index is 2.31. The van der Waals surface area contributed by atoms with E-state index in [2.05, 4.69) is 13.8 Å². The minimum absolute atomic E-state index is 0.154. The highest BCUT2D eigenvalue weighted by Crippen LogP contribution is 2.27. The van der Waals surface area contributed by atoms with E-state index in [-0.39, 0.29) is 5.63 Å². The fourth-order valence-corrected chi connectivity index (χ4v) is 2.81. The molecule has 2 rings (SSSR count). The minimum Gasteiger partial charge on any atom is -0.423 e. The normalized spacial score (nSPS) is 12.7. The van der Waals surface area contributed by atoms with E-state index in [0.29, 0.717) is 11.5 Å². The highest BCUT2D eigenvalue weighted by molar-refractivity contribution is 5.76. The smallest absolute Gasteiger partial charge is 0.339 e. The van der Waals surface area contributed by atoms with Gasteiger partial charge in [0.1, 0.15) is 5.58 Å². The molecule has 0 radical (unpaired) electrons. The van der Waals surface area contributed by atoms with Crippen LogP contribution in [0.2, 0.25) is 0 Å². The van der Waals surface area contributed by atoms with E-state index in [1.54, 1.807) is 0 Å². The molecular formula is C18H24O2. The Hall–Kier alpha value is -1.57. The zero-order valence-electron chi connectivity index (χ0n) is 12.5. The van der Waals surface area contributed by atoms with Crippen molar-refractivity contribution in [1.82, 2.24) is 0 Å². The van der Waals surface area contributed by atoms with Gasteiger partial charge in [-0.2, -0.15) is 0 Å². The van der Waals surface area contributed by atoms with Gasteiger partial charge in [-0.15, -0.1) is 0 Å². The van der Waals surface area contributed by atoms with Crippen LogP contribution >= 0.6 is 0 Å². The standard InChI is InChI=1S/C18H24O2/c1-3-5-6-10-14(9-4-2)16-13-15-11-7-8-12-17(15)20-18(16)19/h7-8,11-14H,3-6,9-10H2,1-2H3. The predicted molar refractivity (Wildman–Crippen MR) is 84.3 cm³/mol. The molecule has 1 aromatic carbocycles. The van der Waals surface area contributed by atoms with Gasteiger partial charge in [0.15, 0.2) is 0 Å². The molecule has 0 fully saturated rings. The number of benzene rings is 1. The van der Waals surface area contributed by atoms with Crippen molar-refractivity contribution in [2.75, 3.05) is 0 Å². The van der Waals surface area contributed by atoms with Gasteiger partial charge in [-0.25, -0.2) is 4.79 Å². The number of rotatable bonds is 7. The van der Waals surface area contributed by atoms with Crippen LogP contribution in [0.25, 0.3) is 11.0 Å². The SMILES string of the molecule is CCCCCC(CCC)c1cc2ccccc2oc1=O. The first-order valence-electron chi connectivity index (χ1n) is 7.79. The fraction of sp³-hybridized carbons (Fsp3) is 0.500. The van der Waals surface area contributed by atoms with Gasteiger partial charge in [-0.3, -0.25) is 0 Å². The first-order valence-corrected chi connectivity index (χ1v) is 7.79. The third-order valence-electron chi connectivity index (χ3n) is 3.90. The third kappa shape index (κ3) is 3.50. The maximum atomic E-state index is 12.2. The molecule has 0 N–H and O–H groups in total. The van der Waals surface area contributed by atoms with Crippen LogP contribution in [0.4, 0.5) is 0 Å². The second-order valence-electron chi connectivity index (χ2n) is 5.51. The van der Waals surface area contributed by atoms with Crippen LogP contribution in [0.1, 0.15) is 63.9 Å². The summed E-state index contributed by atoms with van der Waals surface area (Å²) in [5.41, 5.74) is 1.39. The second-order valence-corrected chi connectivity index (χ2v) is 5.51. The molecule has 1 atom stereocenters. The highest BCUT2D eigenvalue weighted by Gasteiger charge is 2.16. The Kier molecular flexibility index (Phi) is 5.40. The first-order chi connectivity index (χ1) is 9.76. The van der Waals surface area contributed by atoms with E-state index in [0.717, 1.165) is 30.2 Å². The largest absolute Gasteiger partial charge is 0.423 e. The molecule has 2 nitrogen and oxygen atoms in total. The molecule has 2 heteroatoms. The maximum Gasteiger partial charge on any atom is 0.339 e. The van der Waals surface area contributed by atoms with Crippen LogP contribution in [-0.4, -0.2) is 0 Å². The molecule has 2 aromatic rings. The van der Waals surface area contributed by atoms with Gasteiger partial charge in [-0.05, 0) is 30.9 Å². The van der Waals surface area contributed by atoms with Crippen molar-refractivity contribution in [3.63, 3.8) is 0 Å². The maximum absolute atomic E-state index is 12.2. The Labute approximate surface area is 120 Å². The minimum atomic E-state index is -0.154. The molecule has 0 spiro atoms. The molecule has 1 aromatic heterocycles. The van der Waals surface area contributed by atoms with Crippen molar-refractivity contribution >= 4 is 11.0 Å². The molecule has 0 aliphatic carbocycles. The summed E-state index contributed by atoms with van der Waals surface area (Å²) in [6.07, 6.45) is 6.89. The summed E-state index contributed by atoms with van der Waals surface area (Å²) >= 11 is 0. The molecular weight excluding hydrogens is 248 g/mol. The number of hydrogen-bond donors (Lipinski definition) is 0. The van der Waals surface area contributed by atoms with Gasteiger partial charge >= 0.3 is 5.63 Å². The van der Waals surface area contributed by atoms with Crippen LogP contribution in [0.5, 0.6) is 0 Å². The molecule has 108 valence electrons. The van der Waals surface area contributed by atoms with Gasteiger partial charge in [-0.1, -0.05) is 57.7 Å². The summed E-state index contributed by atoms with van der Waals surface area (Å²) in [5, 5.41) is 1.03. The molecule has 20 heavy (non-hydrogen) atoms. The van der Waals surface area contributed by atoms with Crippen molar-refractivity contribution < 1.29 is 4.42 Å². The zero-order chi connectivity index (χ0) is 14.4. The van der Waals surface area contributed by atoms with Gasteiger partial charge in [0, 0.05) is 10.9 Å². The van der Waals surface area contributed by atoms with Crippen molar-refractivity contribution in [2.24, 2.45) is 0 Å². The second kappa shape index (κ2) is 7.28. The summed E-state index contributed by atoms with van der Waals surface area (Å²) in [7, 11) is 0. The first kappa shape index (κ1) is 14.8. The third-order valence-corrected chi connectivity index (χ3v) is 3.90. The van der Waals surface area contributed by atoms with Crippen LogP contribution < -0.4 is 5.63 Å². The average Bonchev–Trinajstić information content (AvgIpc) is 2.46. The topological polar surface area (TPSA) is 30.2 Å². The Morgan fingerprint density at radius 3 is 2.60 bits per heavy atom. The molecule has 0 aliphatic rings. The van der Waals surface area contributed by atoms with Crippen LogP contribution in [0.15, 0.2) is 39.5 Å². The number of para-hydroxylation sites is 1. The highest BCUT2D eigenvalue weighted by atomic mass is 16.4. The Morgan fingerprint density at radius 2 is 1.85 bits per heavy atom. The monoisotopic (exact) mass is 272 g/mol. The van der Waals surface area contributed by atoms with E-state index in [1.807, 2.05) is 30.3 Å². The van der Waals surface area contributed by atoms with Crippen molar-refractivity contribution in [3.8, 4) is 0 Å². The summed E-state index contributed by atoms with van der Waals surface area (Å²) in [4.78, 5) is 12.2. The van der Waals surface area contributed by atoms with Gasteiger partial charge < -0.3 is 4.42 Å². The molecule has 1 heterocycles. The predicted octanol–water partition coefficient (Wildman–Crippen LogP) is 5.26. The quantitative estimate of drug-likeness (QED) is 0.508. The molecule has 0 aliphatic heterocycles. The molecule has 1 unspecified atom stereocenters. The van der Waals surface area contributed by atoms with Crippen molar-refractivity contribution in [1.29, 1.82) is 0 Å². The van der Waals surface area contributed by atoms with E-state index in [1.165, 1.54) is 19.3 Å². The van der Waals surface area contributed by atoms with Crippen molar-refractivity contribution in [2.45, 2.75) is 58.3 Å². The summed E-state index contributed by atoms with van der Waals surface area (Å²) in [6, 6.07) is 9.78. The van der Waals surface area contributed by atoms with Gasteiger partial charge in [0.05, 0.1) is 0 Å². The molecule has 0 bridgehead atoms. The lowest BCUT2D eigenvalue weighted by Crippen LogP contribution is -2.12. The molecule has 0 saturated heterocycles. The van der Waals surface area contributed by atoms with Crippen LogP contribution in [0, 0.1) is 0 Å².